The zero-order valence-corrected chi connectivity index (χ0v) is 11.8. The van der Waals surface area contributed by atoms with Gasteiger partial charge in [0.15, 0.2) is 0 Å². The number of pyridine rings is 1. The quantitative estimate of drug-likeness (QED) is 0.867. The van der Waals surface area contributed by atoms with Crippen molar-refractivity contribution >= 4 is 0 Å². The molecule has 3 nitrogen and oxygen atoms in total. The summed E-state index contributed by atoms with van der Waals surface area (Å²) in [5, 5.41) is 3.68. The van der Waals surface area contributed by atoms with E-state index < -0.39 is 0 Å². The molecule has 0 amide bonds. The van der Waals surface area contributed by atoms with Crippen LogP contribution in [0, 0.1) is 0 Å². The molecular weight excluding hydrogens is 222 g/mol. The monoisotopic (exact) mass is 247 g/mol. The van der Waals surface area contributed by atoms with Crippen LogP contribution in [0.4, 0.5) is 0 Å². The van der Waals surface area contributed by atoms with Crippen LogP contribution in [0.1, 0.15) is 44.2 Å². The van der Waals surface area contributed by atoms with Gasteiger partial charge in [-0.3, -0.25) is 4.98 Å². The molecule has 1 aliphatic carbocycles. The summed E-state index contributed by atoms with van der Waals surface area (Å²) in [5.74, 6) is 0. The van der Waals surface area contributed by atoms with Crippen molar-refractivity contribution in [2.24, 2.45) is 0 Å². The summed E-state index contributed by atoms with van der Waals surface area (Å²) in [4.78, 5) is 6.59. The maximum absolute atomic E-state index is 4.19. The van der Waals surface area contributed by atoms with Crippen LogP contribution in [0.3, 0.4) is 0 Å². The molecule has 1 unspecified atom stereocenters. The van der Waals surface area contributed by atoms with Crippen LogP contribution in [-0.4, -0.2) is 36.1 Å². The van der Waals surface area contributed by atoms with E-state index in [4.69, 9.17) is 0 Å². The topological polar surface area (TPSA) is 28.2 Å². The van der Waals surface area contributed by atoms with E-state index in [1.165, 1.54) is 31.2 Å². The molecule has 0 saturated heterocycles. The van der Waals surface area contributed by atoms with Gasteiger partial charge in [-0.05, 0) is 45.5 Å². The number of nitrogens with one attached hydrogen (secondary N) is 1. The third-order valence-electron chi connectivity index (χ3n) is 4.40. The molecular formula is C15H25N3. The first-order chi connectivity index (χ1) is 8.64. The van der Waals surface area contributed by atoms with E-state index in [0.29, 0.717) is 11.6 Å². The normalized spacial score (nSPS) is 20.2. The molecule has 0 aromatic carbocycles. The van der Waals surface area contributed by atoms with E-state index in [1.54, 1.807) is 0 Å². The molecule has 1 aliphatic rings. The van der Waals surface area contributed by atoms with Crippen LogP contribution >= 0.6 is 0 Å². The van der Waals surface area contributed by atoms with E-state index in [-0.39, 0.29) is 0 Å². The Labute approximate surface area is 111 Å². The van der Waals surface area contributed by atoms with Gasteiger partial charge < -0.3 is 10.2 Å². The Hall–Kier alpha value is -0.930. The van der Waals surface area contributed by atoms with Crippen molar-refractivity contribution < 1.29 is 0 Å². The first kappa shape index (κ1) is 13.5. The van der Waals surface area contributed by atoms with E-state index in [9.17, 15) is 0 Å². The lowest BCUT2D eigenvalue weighted by molar-refractivity contribution is 0.150. The van der Waals surface area contributed by atoms with Gasteiger partial charge in [0, 0.05) is 30.5 Å². The molecule has 1 saturated carbocycles. The van der Waals surface area contributed by atoms with Crippen LogP contribution in [0.15, 0.2) is 24.5 Å². The Morgan fingerprint density at radius 2 is 2.11 bits per heavy atom. The fraction of sp³-hybridized carbons (Fsp3) is 0.667. The maximum Gasteiger partial charge on any atom is 0.0328 e. The molecule has 1 N–H and O–H groups in total. The van der Waals surface area contributed by atoms with Gasteiger partial charge in [0.2, 0.25) is 0 Å². The van der Waals surface area contributed by atoms with Gasteiger partial charge in [-0.25, -0.2) is 0 Å². The van der Waals surface area contributed by atoms with Crippen LogP contribution in [0.5, 0.6) is 0 Å². The second-order valence-corrected chi connectivity index (χ2v) is 5.71. The fourth-order valence-corrected chi connectivity index (χ4v) is 2.91. The van der Waals surface area contributed by atoms with Crippen molar-refractivity contribution in [2.75, 3.05) is 20.6 Å². The molecule has 18 heavy (non-hydrogen) atoms. The summed E-state index contributed by atoms with van der Waals surface area (Å²) < 4.78 is 0. The number of hydrogen-bond donors (Lipinski definition) is 1. The number of aromatic nitrogens is 1. The highest BCUT2D eigenvalue weighted by Crippen LogP contribution is 2.33. The van der Waals surface area contributed by atoms with Gasteiger partial charge in [-0.15, -0.1) is 0 Å². The Balaban J connectivity index is 1.94. The molecule has 3 heteroatoms. The van der Waals surface area contributed by atoms with E-state index in [2.05, 4.69) is 42.3 Å². The minimum atomic E-state index is 0.358. The smallest absolute Gasteiger partial charge is 0.0328 e. The largest absolute Gasteiger partial charge is 0.308 e. The number of nitrogens with zero attached hydrogens (tertiary/aromatic N) is 2. The second kappa shape index (κ2) is 5.81. The maximum atomic E-state index is 4.19. The van der Waals surface area contributed by atoms with Gasteiger partial charge in [0.1, 0.15) is 0 Å². The zero-order chi connectivity index (χ0) is 13.0. The zero-order valence-electron chi connectivity index (χ0n) is 11.8. The predicted octanol–water partition coefficient (Wildman–Crippen LogP) is 2.61. The molecule has 0 radical (unpaired) electrons. The minimum Gasteiger partial charge on any atom is -0.308 e. The second-order valence-electron chi connectivity index (χ2n) is 5.71. The third-order valence-corrected chi connectivity index (χ3v) is 4.40. The standard InChI is InChI=1S/C15H25N3/c1-13(14-7-6-10-16-11-14)17-12-15(18(2)3)8-4-5-9-15/h6-7,10-11,13,17H,4-5,8-9,12H2,1-3H3. The summed E-state index contributed by atoms with van der Waals surface area (Å²) >= 11 is 0. The lowest BCUT2D eigenvalue weighted by Crippen LogP contribution is -2.50. The first-order valence-corrected chi connectivity index (χ1v) is 6.95. The van der Waals surface area contributed by atoms with Crippen molar-refractivity contribution in [2.45, 2.75) is 44.2 Å². The Kier molecular flexibility index (Phi) is 4.36. The molecule has 1 fully saturated rings. The predicted molar refractivity (Wildman–Crippen MR) is 75.5 cm³/mol. The van der Waals surface area contributed by atoms with Gasteiger partial charge >= 0.3 is 0 Å². The van der Waals surface area contributed by atoms with Crippen molar-refractivity contribution in [3.05, 3.63) is 30.1 Å². The van der Waals surface area contributed by atoms with E-state index in [0.717, 1.165) is 6.54 Å². The minimum absolute atomic E-state index is 0.358. The molecule has 0 spiro atoms. The van der Waals surface area contributed by atoms with Gasteiger partial charge in [0.05, 0.1) is 0 Å². The highest BCUT2D eigenvalue weighted by molar-refractivity contribution is 5.13. The molecule has 1 aromatic heterocycles. The average Bonchev–Trinajstić information content (AvgIpc) is 2.87. The Bertz CT molecular complexity index is 355. The molecule has 1 heterocycles. The van der Waals surface area contributed by atoms with Crippen molar-refractivity contribution in [1.29, 1.82) is 0 Å². The summed E-state index contributed by atoms with van der Waals surface area (Å²) in [6.45, 7) is 3.28. The average molecular weight is 247 g/mol. The van der Waals surface area contributed by atoms with Crippen LogP contribution < -0.4 is 5.32 Å². The number of likely N-dealkylation sites (N-methyl/N-ethyl adjacent to an activating group) is 1. The van der Waals surface area contributed by atoms with Crippen molar-refractivity contribution in [1.82, 2.24) is 15.2 Å². The number of hydrogen-bond acceptors (Lipinski definition) is 3. The first-order valence-electron chi connectivity index (χ1n) is 6.95. The van der Waals surface area contributed by atoms with Crippen LogP contribution in [0.2, 0.25) is 0 Å². The molecule has 2 rings (SSSR count). The summed E-state index contributed by atoms with van der Waals surface area (Å²) in [7, 11) is 4.42. The van der Waals surface area contributed by atoms with Crippen molar-refractivity contribution in [3.63, 3.8) is 0 Å². The van der Waals surface area contributed by atoms with Gasteiger partial charge in [0.25, 0.3) is 0 Å². The van der Waals surface area contributed by atoms with Crippen molar-refractivity contribution in [3.8, 4) is 0 Å². The molecule has 1 aromatic rings. The Morgan fingerprint density at radius 1 is 1.39 bits per heavy atom. The van der Waals surface area contributed by atoms with Crippen LogP contribution in [0.25, 0.3) is 0 Å². The summed E-state index contributed by atoms with van der Waals surface area (Å²) in [6.07, 6.45) is 9.13. The van der Waals surface area contributed by atoms with E-state index in [1.807, 2.05) is 18.5 Å². The molecule has 1 atom stereocenters. The molecule has 0 aliphatic heterocycles. The summed E-state index contributed by atoms with van der Waals surface area (Å²) in [5.41, 5.74) is 1.63. The fourth-order valence-electron chi connectivity index (χ4n) is 2.91. The molecule has 0 bridgehead atoms. The highest BCUT2D eigenvalue weighted by Gasteiger charge is 2.35. The highest BCUT2D eigenvalue weighted by atomic mass is 15.2. The van der Waals surface area contributed by atoms with Gasteiger partial charge in [-0.2, -0.15) is 0 Å². The molecule has 100 valence electrons. The third kappa shape index (κ3) is 2.90. The summed E-state index contributed by atoms with van der Waals surface area (Å²) in [6, 6.07) is 4.52. The lowest BCUT2D eigenvalue weighted by atomic mass is 9.95. The SMILES string of the molecule is CC(NCC1(N(C)C)CCCC1)c1cccnc1. The lowest BCUT2D eigenvalue weighted by Gasteiger charge is -2.37. The van der Waals surface area contributed by atoms with Crippen LogP contribution in [-0.2, 0) is 0 Å². The van der Waals surface area contributed by atoms with E-state index >= 15 is 0 Å². The Morgan fingerprint density at radius 3 is 2.67 bits per heavy atom. The number of rotatable bonds is 5. The van der Waals surface area contributed by atoms with Gasteiger partial charge in [-0.1, -0.05) is 18.9 Å².